The van der Waals surface area contributed by atoms with E-state index in [2.05, 4.69) is 36.6 Å². The molecule has 2 atom stereocenters. The third kappa shape index (κ3) is 3.72. The van der Waals surface area contributed by atoms with Gasteiger partial charge in [0.25, 0.3) is 0 Å². The van der Waals surface area contributed by atoms with Crippen LogP contribution >= 0.6 is 31.9 Å². The van der Waals surface area contributed by atoms with Gasteiger partial charge < -0.3 is 9.47 Å². The van der Waals surface area contributed by atoms with Crippen LogP contribution in [0.3, 0.4) is 0 Å². The van der Waals surface area contributed by atoms with Gasteiger partial charge in [-0.3, -0.25) is 4.79 Å². The fourth-order valence-electron chi connectivity index (χ4n) is 2.77. The van der Waals surface area contributed by atoms with Gasteiger partial charge >= 0.3 is 5.97 Å². The average molecular weight is 490 g/mol. The summed E-state index contributed by atoms with van der Waals surface area (Å²) in [6, 6.07) is 0. The Bertz CT molecular complexity index is 716. The van der Waals surface area contributed by atoms with Crippen molar-refractivity contribution in [1.82, 2.24) is 0 Å². The Morgan fingerprint density at radius 3 is 2.08 bits per heavy atom. The van der Waals surface area contributed by atoms with E-state index in [4.69, 9.17) is 4.74 Å². The number of benzene rings is 1. The molecule has 1 saturated carbocycles. The lowest BCUT2D eigenvalue weighted by atomic mass is 10.1. The third-order valence-corrected chi connectivity index (χ3v) is 4.88. The molecule has 2 rings (SSSR count). The molecular weight excluding hydrogens is 476 g/mol. The van der Waals surface area contributed by atoms with Crippen molar-refractivity contribution >= 4 is 37.8 Å². The van der Waals surface area contributed by atoms with E-state index in [1.54, 1.807) is 6.08 Å². The minimum atomic E-state index is -1.68. The summed E-state index contributed by atoms with van der Waals surface area (Å²) in [5, 5.41) is 0. The zero-order valence-electron chi connectivity index (χ0n) is 13.4. The highest BCUT2D eigenvalue weighted by Crippen LogP contribution is 2.60. The molecule has 0 aliphatic heterocycles. The van der Waals surface area contributed by atoms with Crippen LogP contribution in [0.5, 0.6) is 5.75 Å². The first-order valence-electron chi connectivity index (χ1n) is 7.12. The molecule has 1 aliphatic rings. The van der Waals surface area contributed by atoms with Crippen LogP contribution in [0.1, 0.15) is 19.4 Å². The molecule has 0 bridgehead atoms. The predicted octanol–water partition coefficient (Wildman–Crippen LogP) is 5.20. The molecule has 0 spiro atoms. The molecule has 0 unspecified atom stereocenters. The summed E-state index contributed by atoms with van der Waals surface area (Å²) < 4.78 is 64.9. The maximum absolute atomic E-state index is 13.9. The quantitative estimate of drug-likeness (QED) is 0.324. The van der Waals surface area contributed by atoms with Gasteiger partial charge in [0, 0.05) is 0 Å². The fourth-order valence-corrected chi connectivity index (χ4v) is 3.34. The highest BCUT2D eigenvalue weighted by molar-refractivity contribution is 9.28. The Balaban J connectivity index is 2.18. The van der Waals surface area contributed by atoms with Crippen LogP contribution in [-0.2, 0) is 16.1 Å². The lowest BCUT2D eigenvalue weighted by Crippen LogP contribution is -2.14. The first kappa shape index (κ1) is 20.2. The number of esters is 1. The van der Waals surface area contributed by atoms with Gasteiger partial charge in [-0.15, -0.1) is 0 Å². The molecule has 1 aromatic carbocycles. The molecule has 0 amide bonds. The zero-order chi connectivity index (χ0) is 19.1. The van der Waals surface area contributed by atoms with Crippen LogP contribution in [0.2, 0.25) is 0 Å². The second kappa shape index (κ2) is 7.26. The van der Waals surface area contributed by atoms with E-state index < -0.39 is 58.5 Å². The minimum Gasteiger partial charge on any atom is -0.491 e. The van der Waals surface area contributed by atoms with Crippen molar-refractivity contribution in [2.45, 2.75) is 20.5 Å². The van der Waals surface area contributed by atoms with E-state index in [9.17, 15) is 22.4 Å². The van der Waals surface area contributed by atoms with Crippen LogP contribution in [0.15, 0.2) is 9.47 Å². The number of ether oxygens (including phenoxy) is 2. The summed E-state index contributed by atoms with van der Waals surface area (Å²) in [4.78, 5) is 12.2. The molecule has 0 saturated heterocycles. The zero-order valence-corrected chi connectivity index (χ0v) is 16.6. The molecular formula is C16H14Br2F4O3. The Kier molecular flexibility index (Phi) is 5.88. The summed E-state index contributed by atoms with van der Waals surface area (Å²) in [5.41, 5.74) is -1.41. The number of hydrogen-bond acceptors (Lipinski definition) is 3. The Hall–Kier alpha value is -1.09. The average Bonchev–Trinajstić information content (AvgIpc) is 3.05. The molecule has 0 heterocycles. The lowest BCUT2D eigenvalue weighted by molar-refractivity contribution is -0.147. The first-order chi connectivity index (χ1) is 11.5. The second-order valence-corrected chi connectivity index (χ2v) is 8.93. The number of halogens is 6. The third-order valence-electron chi connectivity index (χ3n) is 4.35. The van der Waals surface area contributed by atoms with Crippen LogP contribution in [0.4, 0.5) is 17.6 Å². The molecule has 9 heteroatoms. The second-order valence-electron chi connectivity index (χ2n) is 6.16. The highest BCUT2D eigenvalue weighted by atomic mass is 79.9. The maximum Gasteiger partial charge on any atom is 0.310 e. The summed E-state index contributed by atoms with van der Waals surface area (Å²) >= 11 is 6.40. The van der Waals surface area contributed by atoms with E-state index in [0.717, 1.165) is 7.11 Å². The van der Waals surface area contributed by atoms with Gasteiger partial charge in [-0.25, -0.2) is 8.78 Å². The van der Waals surface area contributed by atoms with Crippen molar-refractivity contribution in [2.75, 3.05) is 7.11 Å². The van der Waals surface area contributed by atoms with Crippen LogP contribution in [0.25, 0.3) is 0 Å². The fraction of sp³-hybridized carbons (Fsp3) is 0.438. The van der Waals surface area contributed by atoms with Gasteiger partial charge in [0.15, 0.2) is 17.4 Å². The molecule has 0 radical (unpaired) electrons. The number of methoxy groups -OCH3 is 1. The largest absolute Gasteiger partial charge is 0.491 e. The van der Waals surface area contributed by atoms with Gasteiger partial charge in [0.2, 0.25) is 11.6 Å². The number of carbonyl (C=O) groups is 1. The van der Waals surface area contributed by atoms with Crippen molar-refractivity contribution in [3.63, 3.8) is 0 Å². The van der Waals surface area contributed by atoms with Crippen molar-refractivity contribution in [2.24, 2.45) is 17.3 Å². The number of allylic oxidation sites excluding steroid dienone is 1. The van der Waals surface area contributed by atoms with Gasteiger partial charge in [0.1, 0.15) is 6.61 Å². The molecule has 25 heavy (non-hydrogen) atoms. The van der Waals surface area contributed by atoms with Crippen LogP contribution in [-0.4, -0.2) is 13.1 Å². The highest BCUT2D eigenvalue weighted by Gasteiger charge is 2.61. The van der Waals surface area contributed by atoms with Crippen molar-refractivity contribution < 1.29 is 31.8 Å². The molecule has 0 N–H and O–H groups in total. The molecule has 1 aliphatic carbocycles. The summed E-state index contributed by atoms with van der Waals surface area (Å²) in [7, 11) is 0.880. The summed E-state index contributed by atoms with van der Waals surface area (Å²) in [6.45, 7) is 2.74. The van der Waals surface area contributed by atoms with Crippen molar-refractivity contribution in [3.8, 4) is 5.75 Å². The lowest BCUT2D eigenvalue weighted by Gasteiger charge is -2.11. The van der Waals surface area contributed by atoms with Crippen molar-refractivity contribution in [1.29, 1.82) is 0 Å². The Morgan fingerprint density at radius 2 is 1.64 bits per heavy atom. The Labute approximate surface area is 158 Å². The van der Waals surface area contributed by atoms with E-state index in [1.165, 1.54) is 0 Å². The summed E-state index contributed by atoms with van der Waals surface area (Å²) in [6.07, 6.45) is 1.76. The van der Waals surface area contributed by atoms with Gasteiger partial charge in [0.05, 0.1) is 22.0 Å². The summed E-state index contributed by atoms with van der Waals surface area (Å²) in [5.74, 6) is -9.21. The SMILES string of the molecule is COc1c(F)c(F)c(COC(=O)[C@@H]2[C@H](C=C(Br)Br)C2(C)C)c(F)c1F. The van der Waals surface area contributed by atoms with Gasteiger partial charge in [-0.05, 0) is 43.2 Å². The predicted molar refractivity (Wildman–Crippen MR) is 89.3 cm³/mol. The van der Waals surface area contributed by atoms with Crippen LogP contribution < -0.4 is 4.74 Å². The maximum atomic E-state index is 13.9. The smallest absolute Gasteiger partial charge is 0.310 e. The van der Waals surface area contributed by atoms with Crippen molar-refractivity contribution in [3.05, 3.63) is 38.3 Å². The molecule has 3 nitrogen and oxygen atoms in total. The van der Waals surface area contributed by atoms with Gasteiger partial charge in [-0.1, -0.05) is 19.9 Å². The molecule has 138 valence electrons. The Morgan fingerprint density at radius 1 is 1.12 bits per heavy atom. The minimum absolute atomic E-state index is 0.146. The molecule has 1 aromatic rings. The number of carbonyl (C=O) groups excluding carboxylic acids is 1. The molecule has 0 aromatic heterocycles. The monoisotopic (exact) mass is 488 g/mol. The number of hydrogen-bond donors (Lipinski definition) is 0. The standard InChI is InChI=1S/C16H14Br2F4O3/c1-16(2)7(4-8(17)18)9(16)15(23)25-5-6-10(19)12(21)14(24-3)13(22)11(6)20/h4,7,9H,5H2,1-3H3/t7-,9-/m0/s1. The van der Waals surface area contributed by atoms with E-state index in [0.29, 0.717) is 3.39 Å². The topological polar surface area (TPSA) is 35.5 Å². The van der Waals surface area contributed by atoms with Crippen LogP contribution in [0, 0.1) is 40.5 Å². The first-order valence-corrected chi connectivity index (χ1v) is 8.70. The van der Waals surface area contributed by atoms with E-state index in [1.807, 2.05) is 13.8 Å². The van der Waals surface area contributed by atoms with E-state index in [-0.39, 0.29) is 5.92 Å². The normalized spacial score (nSPS) is 20.8. The van der Waals surface area contributed by atoms with Gasteiger partial charge in [-0.2, -0.15) is 8.78 Å². The number of rotatable bonds is 5. The van der Waals surface area contributed by atoms with E-state index >= 15 is 0 Å². The molecule has 1 fully saturated rings.